The van der Waals surface area contributed by atoms with Gasteiger partial charge in [-0.1, -0.05) is 49.4 Å². The van der Waals surface area contributed by atoms with Crippen molar-refractivity contribution in [3.05, 3.63) is 100 Å². The lowest BCUT2D eigenvalue weighted by Crippen LogP contribution is -2.34. The molecule has 4 nitrogen and oxygen atoms in total. The average molecular weight is 525 g/mol. The van der Waals surface area contributed by atoms with Crippen molar-refractivity contribution >= 4 is 17.5 Å². The molecular weight excluding hydrogens is 496 g/mol. The maximum Gasteiger partial charge on any atom is 0.392 e. The zero-order valence-corrected chi connectivity index (χ0v) is 20.9. The average Bonchev–Trinajstić information content (AvgIpc) is 3.63. The standard InChI is InChI=1S/C30H28F4N2O2/c1-18(30(32,33)34)27(28(37)35-23-5-2-4-21(15-23)14-19-8-9-19)22-12-10-20(11-13-22)16-36-17-25-24(29(36)38)6-3-7-26(25)31/h2-7,10-13,15,18-19,27H,8-9,14,16-17H2,1H3,(H,35,37)/t18-,27+/m0/s1. The first-order chi connectivity index (χ1) is 18.1. The topological polar surface area (TPSA) is 49.4 Å². The summed E-state index contributed by atoms with van der Waals surface area (Å²) in [6.07, 6.45) is -1.34. The van der Waals surface area contributed by atoms with Crippen LogP contribution in [0.4, 0.5) is 23.2 Å². The summed E-state index contributed by atoms with van der Waals surface area (Å²) in [6.45, 7) is 1.31. The van der Waals surface area contributed by atoms with Crippen molar-refractivity contribution < 1.29 is 27.2 Å². The van der Waals surface area contributed by atoms with Crippen LogP contribution >= 0.6 is 0 Å². The number of hydrogen-bond acceptors (Lipinski definition) is 2. The maximum absolute atomic E-state index is 14.1. The van der Waals surface area contributed by atoms with E-state index < -0.39 is 29.7 Å². The van der Waals surface area contributed by atoms with Crippen LogP contribution in [0, 0.1) is 17.7 Å². The molecule has 0 spiro atoms. The summed E-state index contributed by atoms with van der Waals surface area (Å²) in [5.41, 5.74) is 3.08. The van der Waals surface area contributed by atoms with Crippen LogP contribution in [0.25, 0.3) is 0 Å². The van der Waals surface area contributed by atoms with E-state index in [2.05, 4.69) is 5.32 Å². The van der Waals surface area contributed by atoms with Crippen molar-refractivity contribution in [3.63, 3.8) is 0 Å². The van der Waals surface area contributed by atoms with E-state index in [1.165, 1.54) is 42.0 Å². The number of anilines is 1. The Morgan fingerprint density at radius 1 is 1.03 bits per heavy atom. The van der Waals surface area contributed by atoms with Crippen LogP contribution in [0.5, 0.6) is 0 Å². The van der Waals surface area contributed by atoms with Gasteiger partial charge in [-0.05, 0) is 66.1 Å². The number of nitrogens with one attached hydrogen (secondary N) is 1. The normalized spacial score (nSPS) is 16.8. The predicted molar refractivity (Wildman–Crippen MR) is 136 cm³/mol. The fourth-order valence-corrected chi connectivity index (χ4v) is 5.04. The number of nitrogens with zero attached hydrogens (tertiary/aromatic N) is 1. The molecule has 198 valence electrons. The number of carbonyl (C=O) groups is 2. The van der Waals surface area contributed by atoms with E-state index >= 15 is 0 Å². The van der Waals surface area contributed by atoms with Crippen LogP contribution in [0.3, 0.4) is 0 Å². The van der Waals surface area contributed by atoms with Gasteiger partial charge in [0, 0.05) is 23.4 Å². The van der Waals surface area contributed by atoms with E-state index in [0.717, 1.165) is 18.9 Å². The zero-order valence-electron chi connectivity index (χ0n) is 20.9. The first-order valence-corrected chi connectivity index (χ1v) is 12.7. The van der Waals surface area contributed by atoms with Gasteiger partial charge in [-0.15, -0.1) is 0 Å². The van der Waals surface area contributed by atoms with Gasteiger partial charge in [0.1, 0.15) is 5.82 Å². The lowest BCUT2D eigenvalue weighted by molar-refractivity contribution is -0.178. The van der Waals surface area contributed by atoms with E-state index in [4.69, 9.17) is 0 Å². The van der Waals surface area contributed by atoms with Crippen LogP contribution in [0.15, 0.2) is 66.7 Å². The fourth-order valence-electron chi connectivity index (χ4n) is 5.04. The molecule has 1 heterocycles. The first-order valence-electron chi connectivity index (χ1n) is 12.7. The van der Waals surface area contributed by atoms with Gasteiger partial charge in [-0.2, -0.15) is 13.2 Å². The number of halogens is 4. The zero-order chi connectivity index (χ0) is 27.0. The molecule has 3 aromatic rings. The minimum atomic E-state index is -4.58. The molecule has 2 aliphatic rings. The summed E-state index contributed by atoms with van der Waals surface area (Å²) in [6, 6.07) is 17.9. The molecular formula is C30H28F4N2O2. The van der Waals surface area contributed by atoms with Crippen LogP contribution in [0.2, 0.25) is 0 Å². The van der Waals surface area contributed by atoms with Crippen molar-refractivity contribution in [1.82, 2.24) is 4.90 Å². The van der Waals surface area contributed by atoms with Crippen molar-refractivity contribution in [2.45, 2.75) is 51.4 Å². The van der Waals surface area contributed by atoms with Crippen LogP contribution in [-0.4, -0.2) is 22.9 Å². The fraction of sp³-hybridized carbons (Fsp3) is 0.333. The molecule has 3 aromatic carbocycles. The SMILES string of the molecule is C[C@@H]([C@@H](C(=O)Nc1cccc(CC2CC2)c1)c1ccc(CN2Cc3c(F)cccc3C2=O)cc1)C(F)(F)F. The number of rotatable bonds is 8. The molecule has 0 saturated heterocycles. The van der Waals surface area contributed by atoms with Gasteiger partial charge in [-0.25, -0.2) is 4.39 Å². The molecule has 1 fully saturated rings. The van der Waals surface area contributed by atoms with Gasteiger partial charge in [0.15, 0.2) is 0 Å². The molecule has 0 radical (unpaired) electrons. The Hall–Kier alpha value is -3.68. The molecule has 1 aliphatic heterocycles. The highest BCUT2D eigenvalue weighted by atomic mass is 19.4. The van der Waals surface area contributed by atoms with E-state index in [9.17, 15) is 27.2 Å². The van der Waals surface area contributed by atoms with Crippen LogP contribution < -0.4 is 5.32 Å². The Morgan fingerprint density at radius 2 is 1.74 bits per heavy atom. The third kappa shape index (κ3) is 5.59. The number of benzene rings is 3. The number of hydrogen-bond donors (Lipinski definition) is 1. The maximum atomic E-state index is 14.1. The van der Waals surface area contributed by atoms with E-state index in [1.54, 1.807) is 30.3 Å². The summed E-state index contributed by atoms with van der Waals surface area (Å²) in [5.74, 6) is -4.20. The second-order valence-corrected chi connectivity index (χ2v) is 10.3. The Bertz CT molecular complexity index is 1350. The van der Waals surface area contributed by atoms with Gasteiger partial charge in [0.05, 0.1) is 18.4 Å². The molecule has 1 saturated carbocycles. The van der Waals surface area contributed by atoms with Crippen LogP contribution in [0.1, 0.15) is 58.3 Å². The molecule has 0 aromatic heterocycles. The Kier molecular flexibility index (Phi) is 6.99. The lowest BCUT2D eigenvalue weighted by atomic mass is 9.85. The van der Waals surface area contributed by atoms with Crippen molar-refractivity contribution in [2.75, 3.05) is 5.32 Å². The Balaban J connectivity index is 1.33. The van der Waals surface area contributed by atoms with E-state index in [0.29, 0.717) is 28.3 Å². The lowest BCUT2D eigenvalue weighted by Gasteiger charge is -2.26. The highest BCUT2D eigenvalue weighted by Crippen LogP contribution is 2.39. The van der Waals surface area contributed by atoms with Crippen molar-refractivity contribution in [3.8, 4) is 0 Å². The van der Waals surface area contributed by atoms with Gasteiger partial charge in [-0.3, -0.25) is 9.59 Å². The number of fused-ring (bicyclic) bond motifs is 1. The molecule has 5 rings (SSSR count). The molecule has 0 bridgehead atoms. The summed E-state index contributed by atoms with van der Waals surface area (Å²) < 4.78 is 55.5. The predicted octanol–water partition coefficient (Wildman–Crippen LogP) is 6.85. The second kappa shape index (κ2) is 10.2. The molecule has 1 N–H and O–H groups in total. The quantitative estimate of drug-likeness (QED) is 0.328. The van der Waals surface area contributed by atoms with E-state index in [-0.39, 0.29) is 24.6 Å². The molecule has 38 heavy (non-hydrogen) atoms. The summed E-state index contributed by atoms with van der Waals surface area (Å²) in [5, 5.41) is 2.69. The third-order valence-electron chi connectivity index (χ3n) is 7.41. The van der Waals surface area contributed by atoms with Gasteiger partial charge >= 0.3 is 6.18 Å². The van der Waals surface area contributed by atoms with E-state index in [1.807, 2.05) is 12.1 Å². The highest BCUT2D eigenvalue weighted by Gasteiger charge is 2.45. The van der Waals surface area contributed by atoms with Crippen LogP contribution in [-0.2, 0) is 24.3 Å². The van der Waals surface area contributed by atoms with Crippen molar-refractivity contribution in [1.29, 1.82) is 0 Å². The van der Waals surface area contributed by atoms with Gasteiger partial charge in [0.25, 0.3) is 5.91 Å². The summed E-state index contributed by atoms with van der Waals surface area (Å²) in [4.78, 5) is 27.4. The largest absolute Gasteiger partial charge is 0.392 e. The Morgan fingerprint density at radius 3 is 2.39 bits per heavy atom. The molecule has 2 amide bonds. The number of amides is 2. The van der Waals surface area contributed by atoms with Crippen molar-refractivity contribution in [2.24, 2.45) is 11.8 Å². The second-order valence-electron chi connectivity index (χ2n) is 10.3. The minimum Gasteiger partial charge on any atom is -0.330 e. The number of alkyl halides is 3. The summed E-state index contributed by atoms with van der Waals surface area (Å²) in [7, 11) is 0. The first kappa shape index (κ1) is 25.9. The minimum absolute atomic E-state index is 0.124. The number of carbonyl (C=O) groups excluding carboxylic acids is 2. The molecule has 8 heteroatoms. The van der Waals surface area contributed by atoms with Gasteiger partial charge < -0.3 is 10.2 Å². The smallest absolute Gasteiger partial charge is 0.330 e. The highest BCUT2D eigenvalue weighted by molar-refractivity contribution is 5.98. The van der Waals surface area contributed by atoms with Gasteiger partial charge in [0.2, 0.25) is 5.91 Å². The Labute approximate surface area is 218 Å². The molecule has 2 atom stereocenters. The third-order valence-corrected chi connectivity index (χ3v) is 7.41. The molecule has 1 aliphatic carbocycles. The molecule has 0 unspecified atom stereocenters. The monoisotopic (exact) mass is 524 g/mol. The summed E-state index contributed by atoms with van der Waals surface area (Å²) >= 11 is 0.